The number of aromatic nitrogens is 2. The van der Waals surface area contributed by atoms with Gasteiger partial charge in [-0.05, 0) is 50.0 Å². The molecule has 4 rings (SSSR count). The Morgan fingerprint density at radius 1 is 1.32 bits per heavy atom. The summed E-state index contributed by atoms with van der Waals surface area (Å²) in [4.78, 5) is 17.0. The smallest absolute Gasteiger partial charge is 0.339 e. The van der Waals surface area contributed by atoms with Crippen LogP contribution in [-0.4, -0.2) is 22.2 Å². The molecule has 0 radical (unpaired) electrons. The van der Waals surface area contributed by atoms with Gasteiger partial charge in [0, 0.05) is 5.69 Å². The summed E-state index contributed by atoms with van der Waals surface area (Å²) >= 11 is 0. The largest absolute Gasteiger partial charge is 0.459 e. The highest BCUT2D eigenvalue weighted by atomic mass is 16.5. The van der Waals surface area contributed by atoms with Crippen LogP contribution in [0.5, 0.6) is 0 Å². The van der Waals surface area contributed by atoms with Gasteiger partial charge >= 0.3 is 5.97 Å². The highest BCUT2D eigenvalue weighted by Gasteiger charge is 2.47. The van der Waals surface area contributed by atoms with Gasteiger partial charge in [-0.1, -0.05) is 19.0 Å². The van der Waals surface area contributed by atoms with Gasteiger partial charge in [-0.3, -0.25) is 0 Å². The van der Waals surface area contributed by atoms with Crippen LogP contribution in [0.4, 0.5) is 0 Å². The molecule has 0 N–H and O–H groups in total. The second-order valence-electron chi connectivity index (χ2n) is 6.97. The quantitative estimate of drug-likeness (QED) is 0.810. The molecule has 2 atom stereocenters. The first-order valence-corrected chi connectivity index (χ1v) is 8.01. The molecule has 2 aromatic heterocycles. The van der Waals surface area contributed by atoms with E-state index in [1.54, 1.807) is 6.07 Å². The molecule has 0 spiro atoms. The normalized spacial score (nSPS) is 26.5. The number of ether oxygens (including phenoxy) is 1. The van der Waals surface area contributed by atoms with E-state index in [-0.39, 0.29) is 18.0 Å². The van der Waals surface area contributed by atoms with Crippen LogP contribution in [0.15, 0.2) is 10.6 Å². The zero-order chi connectivity index (χ0) is 15.4. The lowest BCUT2D eigenvalue weighted by Gasteiger charge is -2.14. The van der Waals surface area contributed by atoms with Gasteiger partial charge in [-0.15, -0.1) is 0 Å². The number of fused-ring (bicyclic) bond motifs is 2. The number of hydrogen-bond acceptors (Lipinski definition) is 5. The molecule has 2 saturated carbocycles. The standard InChI is InChI=1S/C17H20N2O3/c1-8(2)15-14-13(4-9(3)18-16(14)22-19-15)17(20)21-12-6-10-5-11(10)7-12/h4,8,10-12H,5-7H2,1-3H3. The van der Waals surface area contributed by atoms with Gasteiger partial charge in [0.15, 0.2) is 0 Å². The van der Waals surface area contributed by atoms with E-state index in [1.807, 2.05) is 20.8 Å². The van der Waals surface area contributed by atoms with Gasteiger partial charge < -0.3 is 9.26 Å². The molecule has 0 bridgehead atoms. The molecule has 5 heteroatoms. The third-order valence-corrected chi connectivity index (χ3v) is 4.84. The van der Waals surface area contributed by atoms with Gasteiger partial charge in [0.25, 0.3) is 5.71 Å². The molecule has 2 aromatic rings. The topological polar surface area (TPSA) is 65.2 Å². The van der Waals surface area contributed by atoms with Crippen LogP contribution in [0, 0.1) is 18.8 Å². The van der Waals surface area contributed by atoms with Crippen molar-refractivity contribution in [2.24, 2.45) is 11.8 Å². The number of esters is 1. The van der Waals surface area contributed by atoms with Crippen molar-refractivity contribution in [3.05, 3.63) is 23.0 Å². The van der Waals surface area contributed by atoms with Crippen LogP contribution < -0.4 is 0 Å². The third-order valence-electron chi connectivity index (χ3n) is 4.84. The van der Waals surface area contributed by atoms with Gasteiger partial charge in [0.2, 0.25) is 0 Å². The Labute approximate surface area is 129 Å². The van der Waals surface area contributed by atoms with Crippen LogP contribution in [0.3, 0.4) is 0 Å². The van der Waals surface area contributed by atoms with Crippen molar-refractivity contribution in [2.45, 2.75) is 52.1 Å². The van der Waals surface area contributed by atoms with Gasteiger partial charge in [-0.25, -0.2) is 9.78 Å². The molecule has 0 saturated heterocycles. The van der Waals surface area contributed by atoms with E-state index in [0.29, 0.717) is 16.7 Å². The average molecular weight is 300 g/mol. The van der Waals surface area contributed by atoms with Crippen molar-refractivity contribution in [3.8, 4) is 0 Å². The first-order valence-electron chi connectivity index (χ1n) is 8.01. The van der Waals surface area contributed by atoms with E-state index >= 15 is 0 Å². The van der Waals surface area contributed by atoms with E-state index in [9.17, 15) is 4.79 Å². The number of carbonyl (C=O) groups excluding carboxylic acids is 1. The molecular weight excluding hydrogens is 280 g/mol. The zero-order valence-electron chi connectivity index (χ0n) is 13.1. The Hall–Kier alpha value is -1.91. The molecule has 5 nitrogen and oxygen atoms in total. The summed E-state index contributed by atoms with van der Waals surface area (Å²) in [5.41, 5.74) is 2.46. The second kappa shape index (κ2) is 4.80. The number of carbonyl (C=O) groups is 1. The van der Waals surface area contributed by atoms with Crippen LogP contribution in [0.25, 0.3) is 11.1 Å². The molecule has 2 heterocycles. The Morgan fingerprint density at radius 2 is 2.05 bits per heavy atom. The summed E-state index contributed by atoms with van der Waals surface area (Å²) in [6, 6.07) is 1.78. The maximum Gasteiger partial charge on any atom is 0.339 e. The second-order valence-corrected chi connectivity index (χ2v) is 6.97. The number of pyridine rings is 1. The Morgan fingerprint density at radius 3 is 2.73 bits per heavy atom. The molecular formula is C17H20N2O3. The van der Waals surface area contributed by atoms with Crippen LogP contribution in [0.2, 0.25) is 0 Å². The molecule has 116 valence electrons. The molecule has 2 unspecified atom stereocenters. The van der Waals surface area contributed by atoms with Crippen molar-refractivity contribution in [2.75, 3.05) is 0 Å². The van der Waals surface area contributed by atoms with Crippen molar-refractivity contribution in [1.82, 2.24) is 10.1 Å². The molecule has 0 aromatic carbocycles. The minimum absolute atomic E-state index is 0.0714. The minimum atomic E-state index is -0.271. The van der Waals surface area contributed by atoms with Gasteiger partial charge in [0.1, 0.15) is 6.10 Å². The van der Waals surface area contributed by atoms with Crippen LogP contribution in [0.1, 0.15) is 60.8 Å². The zero-order valence-corrected chi connectivity index (χ0v) is 13.1. The van der Waals surface area contributed by atoms with E-state index < -0.39 is 0 Å². The predicted octanol–water partition coefficient (Wildman–Crippen LogP) is 3.61. The van der Waals surface area contributed by atoms with Gasteiger partial charge in [0.05, 0.1) is 16.6 Å². The summed E-state index contributed by atoms with van der Waals surface area (Å²) in [5, 5.41) is 4.79. The summed E-state index contributed by atoms with van der Waals surface area (Å²) < 4.78 is 11.0. The number of nitrogens with zero attached hydrogens (tertiary/aromatic N) is 2. The van der Waals surface area contributed by atoms with Crippen molar-refractivity contribution in [1.29, 1.82) is 0 Å². The van der Waals surface area contributed by atoms with E-state index in [2.05, 4.69) is 10.1 Å². The molecule has 2 aliphatic rings. The van der Waals surface area contributed by atoms with E-state index in [4.69, 9.17) is 9.26 Å². The van der Waals surface area contributed by atoms with Crippen molar-refractivity contribution >= 4 is 17.1 Å². The number of hydrogen-bond donors (Lipinski definition) is 0. The highest BCUT2D eigenvalue weighted by Crippen LogP contribution is 2.52. The first kappa shape index (κ1) is 13.7. The lowest BCUT2D eigenvalue weighted by Crippen LogP contribution is -2.17. The van der Waals surface area contributed by atoms with E-state index in [0.717, 1.165) is 36.1 Å². The van der Waals surface area contributed by atoms with E-state index in [1.165, 1.54) is 6.42 Å². The monoisotopic (exact) mass is 300 g/mol. The maximum atomic E-state index is 12.6. The summed E-state index contributed by atoms with van der Waals surface area (Å²) in [7, 11) is 0. The van der Waals surface area contributed by atoms with Crippen LogP contribution in [-0.2, 0) is 4.74 Å². The SMILES string of the molecule is Cc1cc(C(=O)OC2CC3CC3C2)c2c(C(C)C)noc2n1. The Kier molecular flexibility index (Phi) is 2.99. The fourth-order valence-corrected chi connectivity index (χ4v) is 3.62. The summed E-state index contributed by atoms with van der Waals surface area (Å²) in [5.74, 6) is 1.47. The van der Waals surface area contributed by atoms with Crippen molar-refractivity contribution < 1.29 is 14.1 Å². The third kappa shape index (κ3) is 2.19. The lowest BCUT2D eigenvalue weighted by molar-refractivity contribution is 0.0293. The number of aryl methyl sites for hydroxylation is 1. The number of rotatable bonds is 3. The molecule has 0 aliphatic heterocycles. The molecule has 2 aliphatic carbocycles. The minimum Gasteiger partial charge on any atom is -0.459 e. The first-order chi connectivity index (χ1) is 10.5. The fourth-order valence-electron chi connectivity index (χ4n) is 3.62. The van der Waals surface area contributed by atoms with Crippen LogP contribution >= 0.6 is 0 Å². The summed E-state index contributed by atoms with van der Waals surface area (Å²) in [6.45, 7) is 5.89. The highest BCUT2D eigenvalue weighted by molar-refractivity contribution is 6.03. The molecule has 22 heavy (non-hydrogen) atoms. The fraction of sp³-hybridized carbons (Fsp3) is 0.588. The maximum absolute atomic E-state index is 12.6. The average Bonchev–Trinajstić information content (AvgIpc) is 2.89. The Bertz CT molecular complexity index is 740. The van der Waals surface area contributed by atoms with Gasteiger partial charge in [-0.2, -0.15) is 0 Å². The summed E-state index contributed by atoms with van der Waals surface area (Å²) in [6.07, 6.45) is 3.42. The molecule has 2 fully saturated rings. The lowest BCUT2D eigenvalue weighted by atomic mass is 10.0. The van der Waals surface area contributed by atoms with Crippen molar-refractivity contribution in [3.63, 3.8) is 0 Å². The predicted molar refractivity (Wildman–Crippen MR) is 80.7 cm³/mol. The Balaban J connectivity index is 1.69. The molecule has 0 amide bonds.